The van der Waals surface area contributed by atoms with Crippen molar-refractivity contribution in [3.8, 4) is 5.75 Å². The van der Waals surface area contributed by atoms with Gasteiger partial charge in [0.15, 0.2) is 5.96 Å². The number of para-hydroxylation sites is 1. The molecule has 0 aliphatic carbocycles. The molecule has 0 amide bonds. The second-order valence-electron chi connectivity index (χ2n) is 6.01. The van der Waals surface area contributed by atoms with E-state index in [2.05, 4.69) is 29.5 Å². The maximum Gasteiger partial charge on any atom is 0.191 e. The van der Waals surface area contributed by atoms with E-state index in [1.54, 1.807) is 13.4 Å². The minimum Gasteiger partial charge on any atom is -0.496 e. The number of hydrogen-bond acceptors (Lipinski definition) is 3. The zero-order valence-electron chi connectivity index (χ0n) is 14.7. The highest BCUT2D eigenvalue weighted by Crippen LogP contribution is 2.17. The largest absolute Gasteiger partial charge is 0.496 e. The van der Waals surface area contributed by atoms with E-state index >= 15 is 0 Å². The van der Waals surface area contributed by atoms with Crippen molar-refractivity contribution in [2.45, 2.75) is 26.8 Å². The first-order valence-electron chi connectivity index (χ1n) is 8.35. The standard InChI is InChI=1S/C19H27N3O2/c1-15(2)13-21-19(20-11-10-17-8-6-12-24-17)22-14-16-7-4-5-9-18(16)23-3/h4-9,12,15H,10-11,13-14H2,1-3H3,(H2,20,21,22). The average molecular weight is 329 g/mol. The fraction of sp³-hybridized carbons (Fsp3) is 0.421. The molecule has 1 aromatic heterocycles. The Morgan fingerprint density at radius 3 is 2.71 bits per heavy atom. The van der Waals surface area contributed by atoms with E-state index in [9.17, 15) is 0 Å². The lowest BCUT2D eigenvalue weighted by atomic mass is 10.2. The lowest BCUT2D eigenvalue weighted by Crippen LogP contribution is -2.40. The summed E-state index contributed by atoms with van der Waals surface area (Å²) < 4.78 is 10.7. The third-order valence-electron chi connectivity index (χ3n) is 3.52. The summed E-state index contributed by atoms with van der Waals surface area (Å²) >= 11 is 0. The minimum absolute atomic E-state index is 0.549. The molecule has 1 aromatic carbocycles. The number of benzene rings is 1. The fourth-order valence-electron chi connectivity index (χ4n) is 2.23. The van der Waals surface area contributed by atoms with Crippen LogP contribution < -0.4 is 15.4 Å². The Morgan fingerprint density at radius 2 is 2.00 bits per heavy atom. The first kappa shape index (κ1) is 17.9. The summed E-state index contributed by atoms with van der Waals surface area (Å²) in [6, 6.07) is 11.8. The zero-order valence-corrected chi connectivity index (χ0v) is 14.7. The van der Waals surface area contributed by atoms with Gasteiger partial charge in [0.2, 0.25) is 0 Å². The van der Waals surface area contributed by atoms with Gasteiger partial charge >= 0.3 is 0 Å². The molecular weight excluding hydrogens is 302 g/mol. The molecule has 5 heteroatoms. The van der Waals surface area contributed by atoms with Crippen molar-refractivity contribution in [1.29, 1.82) is 0 Å². The first-order chi connectivity index (χ1) is 11.7. The number of aliphatic imine (C=N–C) groups is 1. The van der Waals surface area contributed by atoms with Crippen molar-refractivity contribution in [2.75, 3.05) is 20.2 Å². The number of nitrogens with zero attached hydrogens (tertiary/aromatic N) is 1. The normalized spacial score (nSPS) is 11.6. The third-order valence-corrected chi connectivity index (χ3v) is 3.52. The molecule has 0 unspecified atom stereocenters. The molecule has 0 spiro atoms. The van der Waals surface area contributed by atoms with Crippen LogP contribution in [-0.2, 0) is 13.0 Å². The zero-order chi connectivity index (χ0) is 17.2. The number of guanidine groups is 1. The summed E-state index contributed by atoms with van der Waals surface area (Å²) in [7, 11) is 1.68. The Bertz CT molecular complexity index is 621. The van der Waals surface area contributed by atoms with Crippen molar-refractivity contribution in [3.05, 3.63) is 54.0 Å². The number of rotatable bonds is 8. The topological polar surface area (TPSA) is 58.8 Å². The summed E-state index contributed by atoms with van der Waals surface area (Å²) in [5, 5.41) is 6.73. The summed E-state index contributed by atoms with van der Waals surface area (Å²) in [6.45, 7) is 6.56. The van der Waals surface area contributed by atoms with Gasteiger partial charge in [0.05, 0.1) is 19.9 Å². The lowest BCUT2D eigenvalue weighted by Gasteiger charge is -2.14. The molecule has 0 radical (unpaired) electrons. The minimum atomic E-state index is 0.549. The molecule has 0 saturated carbocycles. The second-order valence-corrected chi connectivity index (χ2v) is 6.01. The molecule has 0 aliphatic rings. The van der Waals surface area contributed by atoms with Crippen LogP contribution in [0.4, 0.5) is 0 Å². The van der Waals surface area contributed by atoms with Crippen LogP contribution in [0.3, 0.4) is 0 Å². The van der Waals surface area contributed by atoms with Crippen LogP contribution in [0, 0.1) is 5.92 Å². The Morgan fingerprint density at radius 1 is 1.17 bits per heavy atom. The van der Waals surface area contributed by atoms with Crippen molar-refractivity contribution in [1.82, 2.24) is 10.6 Å². The molecule has 2 aromatic rings. The van der Waals surface area contributed by atoms with E-state index in [1.807, 2.05) is 36.4 Å². The predicted octanol–water partition coefficient (Wildman–Crippen LogP) is 3.22. The molecular formula is C19H27N3O2. The molecule has 2 N–H and O–H groups in total. The number of furan rings is 1. The quantitative estimate of drug-likeness (QED) is 0.577. The van der Waals surface area contributed by atoms with Gasteiger partial charge in [0.1, 0.15) is 11.5 Å². The molecule has 0 fully saturated rings. The van der Waals surface area contributed by atoms with Crippen LogP contribution in [0.25, 0.3) is 0 Å². The maximum absolute atomic E-state index is 5.38. The van der Waals surface area contributed by atoms with E-state index in [-0.39, 0.29) is 0 Å². The van der Waals surface area contributed by atoms with Crippen LogP contribution in [0.1, 0.15) is 25.2 Å². The smallest absolute Gasteiger partial charge is 0.191 e. The highest BCUT2D eigenvalue weighted by atomic mass is 16.5. The second kappa shape index (κ2) is 9.65. The van der Waals surface area contributed by atoms with Crippen molar-refractivity contribution in [2.24, 2.45) is 10.9 Å². The van der Waals surface area contributed by atoms with E-state index in [0.717, 1.165) is 42.5 Å². The third kappa shape index (κ3) is 5.99. The average Bonchev–Trinajstić information content (AvgIpc) is 3.10. The molecule has 1 heterocycles. The van der Waals surface area contributed by atoms with Crippen molar-refractivity contribution in [3.63, 3.8) is 0 Å². The Kier molecular flexibility index (Phi) is 7.21. The summed E-state index contributed by atoms with van der Waals surface area (Å²) in [5.41, 5.74) is 1.07. The lowest BCUT2D eigenvalue weighted by molar-refractivity contribution is 0.410. The van der Waals surface area contributed by atoms with Gasteiger partial charge < -0.3 is 19.8 Å². The molecule has 2 rings (SSSR count). The maximum atomic E-state index is 5.38. The number of nitrogens with one attached hydrogen (secondary N) is 2. The number of methoxy groups -OCH3 is 1. The van der Waals surface area contributed by atoms with Gasteiger partial charge in [0.25, 0.3) is 0 Å². The van der Waals surface area contributed by atoms with E-state index < -0.39 is 0 Å². The van der Waals surface area contributed by atoms with Gasteiger partial charge in [0, 0.05) is 25.1 Å². The van der Waals surface area contributed by atoms with Gasteiger partial charge in [-0.3, -0.25) is 0 Å². The van der Waals surface area contributed by atoms with Gasteiger partial charge in [-0.25, -0.2) is 4.99 Å². The Hall–Kier alpha value is -2.43. The molecule has 5 nitrogen and oxygen atoms in total. The van der Waals surface area contributed by atoms with E-state index in [0.29, 0.717) is 12.5 Å². The van der Waals surface area contributed by atoms with Gasteiger partial charge in [-0.1, -0.05) is 32.0 Å². The van der Waals surface area contributed by atoms with E-state index in [4.69, 9.17) is 9.15 Å². The SMILES string of the molecule is COc1ccccc1CN=C(NCCc1ccco1)NCC(C)C. The predicted molar refractivity (Wildman–Crippen MR) is 97.4 cm³/mol. The highest BCUT2D eigenvalue weighted by molar-refractivity contribution is 5.79. The van der Waals surface area contributed by atoms with Gasteiger partial charge in [-0.2, -0.15) is 0 Å². The van der Waals surface area contributed by atoms with Crippen LogP contribution in [-0.4, -0.2) is 26.2 Å². The number of ether oxygens (including phenoxy) is 1. The Labute approximate surface area is 144 Å². The van der Waals surface area contributed by atoms with Crippen LogP contribution in [0.5, 0.6) is 5.75 Å². The van der Waals surface area contributed by atoms with Gasteiger partial charge in [-0.05, 0) is 24.1 Å². The monoisotopic (exact) mass is 329 g/mol. The molecule has 24 heavy (non-hydrogen) atoms. The number of hydrogen-bond donors (Lipinski definition) is 2. The Balaban J connectivity index is 1.95. The highest BCUT2D eigenvalue weighted by Gasteiger charge is 2.04. The molecule has 0 saturated heterocycles. The summed E-state index contributed by atoms with van der Waals surface area (Å²) in [4.78, 5) is 4.68. The van der Waals surface area contributed by atoms with Gasteiger partial charge in [-0.15, -0.1) is 0 Å². The molecule has 0 atom stereocenters. The summed E-state index contributed by atoms with van der Waals surface area (Å²) in [5.74, 6) is 3.19. The molecule has 0 bridgehead atoms. The summed E-state index contributed by atoms with van der Waals surface area (Å²) in [6.07, 6.45) is 2.52. The molecule has 0 aliphatic heterocycles. The first-order valence-corrected chi connectivity index (χ1v) is 8.35. The van der Waals surface area contributed by atoms with Crippen LogP contribution in [0.15, 0.2) is 52.1 Å². The van der Waals surface area contributed by atoms with Crippen molar-refractivity contribution >= 4 is 5.96 Å². The van der Waals surface area contributed by atoms with Crippen LogP contribution in [0.2, 0.25) is 0 Å². The molecule has 130 valence electrons. The fourth-order valence-corrected chi connectivity index (χ4v) is 2.23. The van der Waals surface area contributed by atoms with Crippen LogP contribution >= 0.6 is 0 Å². The van der Waals surface area contributed by atoms with E-state index in [1.165, 1.54) is 0 Å². The van der Waals surface area contributed by atoms with Crippen molar-refractivity contribution < 1.29 is 9.15 Å².